The van der Waals surface area contributed by atoms with Crippen LogP contribution in [0, 0.1) is 0 Å². The zero-order valence-corrected chi connectivity index (χ0v) is 10.1. The Labute approximate surface area is 101 Å². The number of morpholine rings is 1. The van der Waals surface area contributed by atoms with E-state index in [1.807, 2.05) is 0 Å². The molecule has 0 radical (unpaired) electrons. The summed E-state index contributed by atoms with van der Waals surface area (Å²) < 4.78 is 5.17. The SMILES string of the molecule is NC(=O)CCCCNCC(=O)N1CCOCC1. The van der Waals surface area contributed by atoms with Crippen LogP contribution in [0.3, 0.4) is 0 Å². The number of amides is 2. The van der Waals surface area contributed by atoms with Crippen molar-refractivity contribution in [1.82, 2.24) is 10.2 Å². The Morgan fingerprint density at radius 2 is 1.94 bits per heavy atom. The van der Waals surface area contributed by atoms with Crippen LogP contribution in [0.1, 0.15) is 19.3 Å². The molecule has 6 nitrogen and oxygen atoms in total. The molecule has 2 amide bonds. The Morgan fingerprint density at radius 3 is 2.59 bits per heavy atom. The van der Waals surface area contributed by atoms with Gasteiger partial charge in [-0.25, -0.2) is 0 Å². The lowest BCUT2D eigenvalue weighted by atomic mass is 10.2. The average Bonchev–Trinajstić information content (AvgIpc) is 2.34. The molecule has 0 aromatic rings. The molecule has 0 aliphatic carbocycles. The van der Waals surface area contributed by atoms with Crippen molar-refractivity contribution in [3.05, 3.63) is 0 Å². The first-order valence-electron chi connectivity index (χ1n) is 6.04. The van der Waals surface area contributed by atoms with Crippen LogP contribution in [-0.4, -0.2) is 56.1 Å². The summed E-state index contributed by atoms with van der Waals surface area (Å²) in [7, 11) is 0. The molecule has 0 unspecified atom stereocenters. The molecule has 6 heteroatoms. The predicted molar refractivity (Wildman–Crippen MR) is 63.3 cm³/mol. The first kappa shape index (κ1) is 13.9. The summed E-state index contributed by atoms with van der Waals surface area (Å²) in [6.45, 7) is 3.72. The summed E-state index contributed by atoms with van der Waals surface area (Å²) in [6.07, 6.45) is 2.05. The van der Waals surface area contributed by atoms with Crippen LogP contribution in [0.2, 0.25) is 0 Å². The lowest BCUT2D eigenvalue weighted by Crippen LogP contribution is -2.44. The Bertz CT molecular complexity index is 252. The number of hydrogen-bond acceptors (Lipinski definition) is 4. The maximum atomic E-state index is 11.7. The minimum absolute atomic E-state index is 0.114. The van der Waals surface area contributed by atoms with Crippen molar-refractivity contribution in [2.24, 2.45) is 5.73 Å². The lowest BCUT2D eigenvalue weighted by molar-refractivity contribution is -0.134. The molecule has 0 bridgehead atoms. The van der Waals surface area contributed by atoms with E-state index in [9.17, 15) is 9.59 Å². The first-order valence-corrected chi connectivity index (χ1v) is 6.04. The fraction of sp³-hybridized carbons (Fsp3) is 0.818. The van der Waals surface area contributed by atoms with Crippen LogP contribution in [0.25, 0.3) is 0 Å². The van der Waals surface area contributed by atoms with Gasteiger partial charge < -0.3 is 20.7 Å². The molecule has 0 aromatic carbocycles. The van der Waals surface area contributed by atoms with E-state index >= 15 is 0 Å². The first-order chi connectivity index (χ1) is 8.20. The molecule has 1 saturated heterocycles. The smallest absolute Gasteiger partial charge is 0.236 e. The summed E-state index contributed by atoms with van der Waals surface area (Å²) in [5, 5.41) is 3.07. The van der Waals surface area contributed by atoms with Crippen LogP contribution in [-0.2, 0) is 14.3 Å². The van der Waals surface area contributed by atoms with Gasteiger partial charge in [0, 0.05) is 19.5 Å². The number of nitrogens with two attached hydrogens (primary N) is 1. The highest BCUT2D eigenvalue weighted by molar-refractivity contribution is 5.78. The number of carbonyl (C=O) groups is 2. The third-order valence-corrected chi connectivity index (χ3v) is 2.67. The molecule has 0 saturated carbocycles. The molecular weight excluding hydrogens is 222 g/mol. The largest absolute Gasteiger partial charge is 0.378 e. The lowest BCUT2D eigenvalue weighted by Gasteiger charge is -2.26. The van der Waals surface area contributed by atoms with Crippen LogP contribution in [0.5, 0.6) is 0 Å². The summed E-state index contributed by atoms with van der Waals surface area (Å²) >= 11 is 0. The maximum Gasteiger partial charge on any atom is 0.236 e. The van der Waals surface area contributed by atoms with Crippen molar-refractivity contribution in [2.45, 2.75) is 19.3 Å². The molecule has 1 heterocycles. The van der Waals surface area contributed by atoms with E-state index in [2.05, 4.69) is 5.32 Å². The van der Waals surface area contributed by atoms with E-state index in [0.717, 1.165) is 19.4 Å². The van der Waals surface area contributed by atoms with Gasteiger partial charge >= 0.3 is 0 Å². The van der Waals surface area contributed by atoms with Crippen molar-refractivity contribution in [1.29, 1.82) is 0 Å². The van der Waals surface area contributed by atoms with Gasteiger partial charge in [0.25, 0.3) is 0 Å². The van der Waals surface area contributed by atoms with Gasteiger partial charge in [-0.15, -0.1) is 0 Å². The van der Waals surface area contributed by atoms with Crippen LogP contribution >= 0.6 is 0 Å². The van der Waals surface area contributed by atoms with Gasteiger partial charge in [0.05, 0.1) is 19.8 Å². The normalized spacial score (nSPS) is 15.9. The standard InChI is InChI=1S/C11H21N3O3/c12-10(15)3-1-2-4-13-9-11(16)14-5-7-17-8-6-14/h13H,1-9H2,(H2,12,15). The number of primary amides is 1. The van der Waals surface area contributed by atoms with Gasteiger partial charge in [0.2, 0.25) is 11.8 Å². The summed E-state index contributed by atoms with van der Waals surface area (Å²) in [6, 6.07) is 0. The quantitative estimate of drug-likeness (QED) is 0.567. The van der Waals surface area contributed by atoms with E-state index in [4.69, 9.17) is 10.5 Å². The van der Waals surface area contributed by atoms with E-state index in [1.165, 1.54) is 0 Å². The van der Waals surface area contributed by atoms with Gasteiger partial charge in [-0.1, -0.05) is 0 Å². The Balaban J connectivity index is 1.98. The van der Waals surface area contributed by atoms with Crippen molar-refractivity contribution in [3.63, 3.8) is 0 Å². The minimum Gasteiger partial charge on any atom is -0.378 e. The third-order valence-electron chi connectivity index (χ3n) is 2.67. The summed E-state index contributed by atoms with van der Waals surface area (Å²) in [5.74, 6) is -0.155. The minimum atomic E-state index is -0.269. The molecule has 98 valence electrons. The van der Waals surface area contributed by atoms with E-state index in [1.54, 1.807) is 4.90 Å². The van der Waals surface area contributed by atoms with Gasteiger partial charge in [0.15, 0.2) is 0 Å². The van der Waals surface area contributed by atoms with Crippen molar-refractivity contribution < 1.29 is 14.3 Å². The number of ether oxygens (including phenoxy) is 1. The summed E-state index contributed by atoms with van der Waals surface area (Å²) in [5.41, 5.74) is 5.02. The predicted octanol–water partition coefficient (Wildman–Crippen LogP) is -0.910. The second-order valence-electron chi connectivity index (χ2n) is 4.09. The Kier molecular flexibility index (Phi) is 6.57. The molecule has 1 rings (SSSR count). The van der Waals surface area contributed by atoms with Gasteiger partial charge in [0.1, 0.15) is 0 Å². The molecule has 1 fully saturated rings. The third kappa shape index (κ3) is 6.23. The highest BCUT2D eigenvalue weighted by Crippen LogP contribution is 1.97. The number of rotatable bonds is 7. The number of hydrogen-bond donors (Lipinski definition) is 2. The van der Waals surface area contributed by atoms with Gasteiger partial charge in [-0.2, -0.15) is 0 Å². The molecule has 1 aliphatic rings. The van der Waals surface area contributed by atoms with Crippen LogP contribution in [0.15, 0.2) is 0 Å². The average molecular weight is 243 g/mol. The Hall–Kier alpha value is -1.14. The van der Waals surface area contributed by atoms with E-state index < -0.39 is 0 Å². The molecule has 1 aliphatic heterocycles. The monoisotopic (exact) mass is 243 g/mol. The van der Waals surface area contributed by atoms with Crippen LogP contribution in [0.4, 0.5) is 0 Å². The molecule has 0 aromatic heterocycles. The fourth-order valence-electron chi connectivity index (χ4n) is 1.67. The van der Waals surface area contributed by atoms with E-state index in [0.29, 0.717) is 39.3 Å². The molecular formula is C11H21N3O3. The van der Waals surface area contributed by atoms with Crippen molar-refractivity contribution >= 4 is 11.8 Å². The number of nitrogens with zero attached hydrogens (tertiary/aromatic N) is 1. The molecule has 3 N–H and O–H groups in total. The van der Waals surface area contributed by atoms with Crippen LogP contribution < -0.4 is 11.1 Å². The maximum absolute atomic E-state index is 11.7. The highest BCUT2D eigenvalue weighted by Gasteiger charge is 2.15. The highest BCUT2D eigenvalue weighted by atomic mass is 16.5. The zero-order chi connectivity index (χ0) is 12.5. The second-order valence-corrected chi connectivity index (χ2v) is 4.09. The fourth-order valence-corrected chi connectivity index (χ4v) is 1.67. The van der Waals surface area contributed by atoms with Gasteiger partial charge in [-0.3, -0.25) is 9.59 Å². The molecule has 17 heavy (non-hydrogen) atoms. The number of nitrogens with one attached hydrogen (secondary N) is 1. The van der Waals surface area contributed by atoms with Crippen molar-refractivity contribution in [3.8, 4) is 0 Å². The second kappa shape index (κ2) is 8.03. The summed E-state index contributed by atoms with van der Waals surface area (Å²) in [4.78, 5) is 24.0. The van der Waals surface area contributed by atoms with Crippen molar-refractivity contribution in [2.75, 3.05) is 39.4 Å². The number of carbonyl (C=O) groups excluding carboxylic acids is 2. The Morgan fingerprint density at radius 1 is 1.24 bits per heavy atom. The molecule has 0 spiro atoms. The number of unbranched alkanes of at least 4 members (excludes halogenated alkanes) is 1. The molecule has 0 atom stereocenters. The topological polar surface area (TPSA) is 84.7 Å². The zero-order valence-electron chi connectivity index (χ0n) is 10.1. The van der Waals surface area contributed by atoms with Gasteiger partial charge in [-0.05, 0) is 19.4 Å². The van der Waals surface area contributed by atoms with E-state index in [-0.39, 0.29) is 11.8 Å².